The SMILES string of the molecule is O=C([C@@H]1C[C@H]2CCCN2[C@]12C(=O)Nc1ccccc12)N1CCOc2ccccc2C1. The Balaban J connectivity index is 1.41. The molecule has 2 amide bonds. The summed E-state index contributed by atoms with van der Waals surface area (Å²) >= 11 is 0. The highest BCUT2D eigenvalue weighted by atomic mass is 16.5. The molecule has 4 heterocycles. The van der Waals surface area contributed by atoms with Crippen LogP contribution in [-0.2, 0) is 21.7 Å². The van der Waals surface area contributed by atoms with E-state index in [2.05, 4.69) is 10.2 Å². The second kappa shape index (κ2) is 6.57. The molecule has 4 aliphatic heterocycles. The molecule has 2 aromatic rings. The molecule has 0 saturated carbocycles. The summed E-state index contributed by atoms with van der Waals surface area (Å²) in [5, 5.41) is 3.08. The molecule has 154 valence electrons. The van der Waals surface area contributed by atoms with Crippen LogP contribution in [-0.4, -0.2) is 47.4 Å². The third kappa shape index (κ3) is 2.34. The number of amides is 2. The predicted molar refractivity (Wildman–Crippen MR) is 112 cm³/mol. The number of para-hydroxylation sites is 2. The van der Waals surface area contributed by atoms with E-state index in [1.807, 2.05) is 53.4 Å². The Labute approximate surface area is 175 Å². The van der Waals surface area contributed by atoms with Crippen molar-refractivity contribution in [2.75, 3.05) is 25.0 Å². The summed E-state index contributed by atoms with van der Waals surface area (Å²) in [4.78, 5) is 31.7. The van der Waals surface area contributed by atoms with Gasteiger partial charge in [0.2, 0.25) is 11.8 Å². The van der Waals surface area contributed by atoms with Crippen molar-refractivity contribution in [2.24, 2.45) is 5.92 Å². The van der Waals surface area contributed by atoms with E-state index in [0.717, 1.165) is 48.4 Å². The number of anilines is 1. The molecule has 6 nitrogen and oxygen atoms in total. The number of carbonyl (C=O) groups is 2. The van der Waals surface area contributed by atoms with Crippen molar-refractivity contribution in [3.05, 3.63) is 59.7 Å². The summed E-state index contributed by atoms with van der Waals surface area (Å²) in [5.41, 5.74) is 1.94. The van der Waals surface area contributed by atoms with Crippen LogP contribution in [0.3, 0.4) is 0 Å². The first-order valence-corrected chi connectivity index (χ1v) is 10.9. The zero-order valence-corrected chi connectivity index (χ0v) is 16.8. The Morgan fingerprint density at radius 1 is 1.10 bits per heavy atom. The van der Waals surface area contributed by atoms with E-state index in [0.29, 0.717) is 19.7 Å². The van der Waals surface area contributed by atoms with E-state index in [-0.39, 0.29) is 23.8 Å². The van der Waals surface area contributed by atoms with Gasteiger partial charge in [0.25, 0.3) is 0 Å². The molecule has 2 aromatic carbocycles. The molecule has 2 saturated heterocycles. The Morgan fingerprint density at radius 3 is 2.87 bits per heavy atom. The Hall–Kier alpha value is -2.86. The highest BCUT2D eigenvalue weighted by molar-refractivity contribution is 6.09. The Bertz CT molecular complexity index is 1040. The fourth-order valence-corrected chi connectivity index (χ4v) is 6.10. The van der Waals surface area contributed by atoms with E-state index >= 15 is 0 Å². The molecule has 0 aromatic heterocycles. The summed E-state index contributed by atoms with van der Waals surface area (Å²) in [5.74, 6) is 0.490. The lowest BCUT2D eigenvalue weighted by molar-refractivity contribution is -0.145. The van der Waals surface area contributed by atoms with Crippen LogP contribution in [0, 0.1) is 5.92 Å². The zero-order chi connectivity index (χ0) is 20.3. The lowest BCUT2D eigenvalue weighted by atomic mass is 9.78. The zero-order valence-electron chi connectivity index (χ0n) is 16.8. The first-order chi connectivity index (χ1) is 14.7. The second-order valence-electron chi connectivity index (χ2n) is 8.76. The van der Waals surface area contributed by atoms with E-state index in [4.69, 9.17) is 4.74 Å². The smallest absolute Gasteiger partial charge is 0.250 e. The molecule has 6 rings (SSSR count). The molecular formula is C24H25N3O3. The van der Waals surface area contributed by atoms with Gasteiger partial charge in [-0.15, -0.1) is 0 Å². The number of fused-ring (bicyclic) bond motifs is 5. The molecule has 2 fully saturated rings. The molecule has 1 spiro atoms. The first kappa shape index (κ1) is 18.0. The van der Waals surface area contributed by atoms with E-state index in [1.165, 1.54) is 0 Å². The van der Waals surface area contributed by atoms with Crippen LogP contribution in [0.2, 0.25) is 0 Å². The summed E-state index contributed by atoms with van der Waals surface area (Å²) in [6, 6.07) is 16.1. The summed E-state index contributed by atoms with van der Waals surface area (Å²) in [6.07, 6.45) is 2.86. The molecule has 6 heteroatoms. The number of carbonyl (C=O) groups excluding carboxylic acids is 2. The number of hydrogen-bond donors (Lipinski definition) is 1. The van der Waals surface area contributed by atoms with Crippen LogP contribution < -0.4 is 10.1 Å². The maximum atomic E-state index is 14.0. The van der Waals surface area contributed by atoms with Gasteiger partial charge in [0.05, 0.1) is 12.5 Å². The molecule has 4 aliphatic rings. The van der Waals surface area contributed by atoms with Gasteiger partial charge in [-0.2, -0.15) is 0 Å². The average molecular weight is 403 g/mol. The maximum Gasteiger partial charge on any atom is 0.250 e. The number of nitrogens with zero attached hydrogens (tertiary/aromatic N) is 2. The number of rotatable bonds is 1. The molecule has 0 bridgehead atoms. The fraction of sp³-hybridized carbons (Fsp3) is 0.417. The van der Waals surface area contributed by atoms with Gasteiger partial charge >= 0.3 is 0 Å². The van der Waals surface area contributed by atoms with E-state index in [9.17, 15) is 9.59 Å². The van der Waals surface area contributed by atoms with Gasteiger partial charge in [-0.3, -0.25) is 14.5 Å². The van der Waals surface area contributed by atoms with Gasteiger partial charge in [0.1, 0.15) is 17.9 Å². The van der Waals surface area contributed by atoms with Crippen LogP contribution in [0.15, 0.2) is 48.5 Å². The molecule has 0 radical (unpaired) electrons. The summed E-state index contributed by atoms with van der Waals surface area (Å²) < 4.78 is 5.88. The van der Waals surface area contributed by atoms with Crippen molar-refractivity contribution >= 4 is 17.5 Å². The Morgan fingerprint density at radius 2 is 1.93 bits per heavy atom. The molecule has 0 unspecified atom stereocenters. The fourth-order valence-electron chi connectivity index (χ4n) is 6.10. The third-order valence-corrected chi connectivity index (χ3v) is 7.34. The van der Waals surface area contributed by atoms with Gasteiger partial charge in [-0.05, 0) is 37.9 Å². The summed E-state index contributed by atoms with van der Waals surface area (Å²) in [7, 11) is 0. The molecule has 1 N–H and O–H groups in total. The molecular weight excluding hydrogens is 378 g/mol. The van der Waals surface area contributed by atoms with Gasteiger partial charge in [0.15, 0.2) is 0 Å². The average Bonchev–Trinajstić information content (AvgIpc) is 3.37. The number of nitrogens with one attached hydrogen (secondary N) is 1. The highest BCUT2D eigenvalue weighted by Gasteiger charge is 2.65. The van der Waals surface area contributed by atoms with Crippen molar-refractivity contribution in [1.29, 1.82) is 0 Å². The van der Waals surface area contributed by atoms with Crippen LogP contribution >= 0.6 is 0 Å². The molecule has 30 heavy (non-hydrogen) atoms. The van der Waals surface area contributed by atoms with E-state index in [1.54, 1.807) is 0 Å². The van der Waals surface area contributed by atoms with Crippen molar-refractivity contribution in [3.63, 3.8) is 0 Å². The van der Waals surface area contributed by atoms with Gasteiger partial charge < -0.3 is 15.0 Å². The van der Waals surface area contributed by atoms with Crippen molar-refractivity contribution < 1.29 is 14.3 Å². The quantitative estimate of drug-likeness (QED) is 0.795. The van der Waals surface area contributed by atoms with Gasteiger partial charge in [0, 0.05) is 29.4 Å². The topological polar surface area (TPSA) is 61.9 Å². The second-order valence-corrected chi connectivity index (χ2v) is 8.76. The van der Waals surface area contributed by atoms with Gasteiger partial charge in [-0.25, -0.2) is 0 Å². The van der Waals surface area contributed by atoms with Crippen LogP contribution in [0.25, 0.3) is 0 Å². The van der Waals surface area contributed by atoms with Crippen molar-refractivity contribution in [3.8, 4) is 5.75 Å². The predicted octanol–water partition coefficient (Wildman–Crippen LogP) is 2.74. The lowest BCUT2D eigenvalue weighted by Crippen LogP contribution is -2.55. The Kier molecular flexibility index (Phi) is 3.93. The summed E-state index contributed by atoms with van der Waals surface area (Å²) in [6.45, 7) is 2.39. The number of ether oxygens (including phenoxy) is 1. The van der Waals surface area contributed by atoms with Crippen LogP contribution in [0.4, 0.5) is 5.69 Å². The maximum absolute atomic E-state index is 14.0. The first-order valence-electron chi connectivity index (χ1n) is 10.9. The minimum atomic E-state index is -0.887. The largest absolute Gasteiger partial charge is 0.491 e. The van der Waals surface area contributed by atoms with Crippen molar-refractivity contribution in [1.82, 2.24) is 9.80 Å². The van der Waals surface area contributed by atoms with Crippen LogP contribution in [0.1, 0.15) is 30.4 Å². The number of hydrogen-bond acceptors (Lipinski definition) is 4. The van der Waals surface area contributed by atoms with Crippen LogP contribution in [0.5, 0.6) is 5.75 Å². The minimum absolute atomic E-state index is 0.0436. The minimum Gasteiger partial charge on any atom is -0.491 e. The lowest BCUT2D eigenvalue weighted by Gasteiger charge is -2.38. The normalized spacial score (nSPS) is 29.7. The standard InChI is InChI=1S/C24H25N3O3/c28-22(26-12-13-30-21-10-4-1-6-16(21)15-26)19-14-17-7-5-11-27(17)24(19)18-8-2-3-9-20(18)25-23(24)29/h1-4,6,8-10,17,19H,5,7,11-15H2,(H,25,29)/t17-,19+,24+/m1/s1. The molecule has 3 atom stereocenters. The van der Waals surface area contributed by atoms with E-state index < -0.39 is 5.54 Å². The highest BCUT2D eigenvalue weighted by Crippen LogP contribution is 2.55. The van der Waals surface area contributed by atoms with Crippen molar-refractivity contribution in [2.45, 2.75) is 37.4 Å². The monoisotopic (exact) mass is 403 g/mol. The third-order valence-electron chi connectivity index (χ3n) is 7.34. The molecule has 0 aliphatic carbocycles. The number of benzene rings is 2. The van der Waals surface area contributed by atoms with Gasteiger partial charge in [-0.1, -0.05) is 36.4 Å².